The molecular weight excluding hydrogens is 1120 g/mol. The first-order valence-corrected chi connectivity index (χ1v) is 38.9. The molecule has 0 aliphatic heterocycles. The van der Waals surface area contributed by atoms with Crippen LogP contribution in [-0.4, -0.2) is 49.3 Å². The number of hydrogen-bond donors (Lipinski definition) is 2. The van der Waals surface area contributed by atoms with Crippen molar-refractivity contribution in [1.82, 2.24) is 0 Å². The van der Waals surface area contributed by atoms with Crippen LogP contribution in [0, 0.1) is 0 Å². The molecule has 3 N–H and O–H groups in total. The molecule has 0 aliphatic carbocycles. The molecule has 0 saturated carbocycles. The Morgan fingerprint density at radius 1 is 0.348 bits per heavy atom. The lowest BCUT2D eigenvalue weighted by atomic mass is 10.0. The zero-order valence-corrected chi connectivity index (χ0v) is 58.8. The van der Waals surface area contributed by atoms with Gasteiger partial charge >= 0.3 is 19.8 Å². The summed E-state index contributed by atoms with van der Waals surface area (Å²) < 4.78 is 33.2. The first kappa shape index (κ1) is 85.7. The van der Waals surface area contributed by atoms with Gasteiger partial charge in [-0.1, -0.05) is 342 Å². The molecule has 0 aromatic rings. The van der Waals surface area contributed by atoms with Crippen LogP contribution in [0.15, 0.2) is 109 Å². The Kier molecular flexibility index (Phi) is 71.0. The Morgan fingerprint density at radius 3 is 0.921 bits per heavy atom. The molecule has 0 rings (SSSR count). The number of carbonyl (C=O) groups is 2. The molecule has 0 aromatic carbocycles. The third-order valence-electron chi connectivity index (χ3n) is 16.1. The number of hydrogen-bond acceptors (Lipinski definition) is 8. The Morgan fingerprint density at radius 2 is 0.618 bits per heavy atom. The fraction of sp³-hybridized carbons (Fsp3) is 0.747. The third-order valence-corrected chi connectivity index (χ3v) is 17.1. The quantitative estimate of drug-likeness (QED) is 0.0264. The predicted octanol–water partition coefficient (Wildman–Crippen LogP) is 24.9. The van der Waals surface area contributed by atoms with Crippen LogP contribution in [-0.2, 0) is 32.7 Å². The third kappa shape index (κ3) is 73.6. The Labute approximate surface area is 549 Å². The van der Waals surface area contributed by atoms with Crippen molar-refractivity contribution >= 4 is 19.8 Å². The van der Waals surface area contributed by atoms with Gasteiger partial charge in [-0.25, -0.2) is 4.57 Å². The second kappa shape index (κ2) is 73.7. The molecule has 0 aromatic heterocycles. The van der Waals surface area contributed by atoms with E-state index >= 15 is 0 Å². The highest BCUT2D eigenvalue weighted by molar-refractivity contribution is 7.47. The van der Waals surface area contributed by atoms with E-state index in [1.807, 2.05) is 0 Å². The van der Waals surface area contributed by atoms with E-state index in [0.717, 1.165) is 96.3 Å². The summed E-state index contributed by atoms with van der Waals surface area (Å²) in [5.41, 5.74) is 5.40. The van der Waals surface area contributed by atoms with Crippen LogP contribution in [0.3, 0.4) is 0 Å². The van der Waals surface area contributed by atoms with Crippen molar-refractivity contribution in [2.45, 2.75) is 354 Å². The number of ether oxygens (including phenoxy) is 2. The minimum atomic E-state index is -4.40. The van der Waals surface area contributed by atoms with Gasteiger partial charge in [-0.2, -0.15) is 0 Å². The number of phosphoric ester groups is 1. The lowest BCUT2D eigenvalue weighted by Gasteiger charge is -2.19. The van der Waals surface area contributed by atoms with E-state index < -0.39 is 26.5 Å². The summed E-state index contributed by atoms with van der Waals surface area (Å²) in [5, 5.41) is 0. The van der Waals surface area contributed by atoms with Gasteiger partial charge in [-0.15, -0.1) is 0 Å². The largest absolute Gasteiger partial charge is 0.472 e. The van der Waals surface area contributed by atoms with Crippen molar-refractivity contribution < 1.29 is 37.6 Å². The molecule has 0 radical (unpaired) electrons. The van der Waals surface area contributed by atoms with Gasteiger partial charge in [0.25, 0.3) is 0 Å². The summed E-state index contributed by atoms with van der Waals surface area (Å²) in [7, 11) is -4.40. The molecular formula is C79H140NO8P. The van der Waals surface area contributed by atoms with E-state index in [-0.39, 0.29) is 38.6 Å². The van der Waals surface area contributed by atoms with Crippen LogP contribution in [0.1, 0.15) is 348 Å². The number of rotatable bonds is 70. The summed E-state index contributed by atoms with van der Waals surface area (Å²) in [4.78, 5) is 35.4. The molecule has 514 valence electrons. The highest BCUT2D eigenvalue weighted by Gasteiger charge is 2.26. The average molecular weight is 1260 g/mol. The zero-order valence-electron chi connectivity index (χ0n) is 57.9. The van der Waals surface area contributed by atoms with Gasteiger partial charge in [0, 0.05) is 19.4 Å². The summed E-state index contributed by atoms with van der Waals surface area (Å²) in [6.45, 7) is 3.64. The molecule has 10 heteroatoms. The maximum atomic E-state index is 12.8. The van der Waals surface area contributed by atoms with Gasteiger partial charge in [-0.05, 0) is 103 Å². The number of allylic oxidation sites excluding steroid dienone is 18. The van der Waals surface area contributed by atoms with Gasteiger partial charge in [-0.3, -0.25) is 18.6 Å². The number of unbranched alkanes of at least 4 members (excludes halogenated alkanes) is 39. The van der Waals surface area contributed by atoms with Crippen LogP contribution < -0.4 is 5.73 Å². The van der Waals surface area contributed by atoms with E-state index in [1.54, 1.807) is 0 Å². The number of phosphoric acid groups is 1. The molecule has 0 saturated heterocycles. The van der Waals surface area contributed by atoms with Gasteiger partial charge in [0.05, 0.1) is 13.2 Å². The lowest BCUT2D eigenvalue weighted by molar-refractivity contribution is -0.161. The van der Waals surface area contributed by atoms with E-state index in [4.69, 9.17) is 24.3 Å². The Balaban J connectivity index is 3.81. The molecule has 9 nitrogen and oxygen atoms in total. The summed E-state index contributed by atoms with van der Waals surface area (Å²) in [6, 6.07) is 0. The van der Waals surface area contributed by atoms with Crippen molar-refractivity contribution in [3.05, 3.63) is 109 Å². The van der Waals surface area contributed by atoms with E-state index in [2.05, 4.69) is 123 Å². The van der Waals surface area contributed by atoms with Crippen LogP contribution in [0.2, 0.25) is 0 Å². The van der Waals surface area contributed by atoms with Crippen molar-refractivity contribution in [1.29, 1.82) is 0 Å². The topological polar surface area (TPSA) is 134 Å². The fourth-order valence-electron chi connectivity index (χ4n) is 10.7. The summed E-state index contributed by atoms with van der Waals surface area (Å²) in [5.74, 6) is -0.829. The number of esters is 2. The molecule has 0 amide bonds. The van der Waals surface area contributed by atoms with Crippen LogP contribution in [0.25, 0.3) is 0 Å². The Bertz CT molecular complexity index is 1830. The molecule has 0 bridgehead atoms. The van der Waals surface area contributed by atoms with E-state index in [1.165, 1.54) is 218 Å². The molecule has 2 atom stereocenters. The molecule has 0 fully saturated rings. The molecule has 0 heterocycles. The van der Waals surface area contributed by atoms with Crippen molar-refractivity contribution in [3.8, 4) is 0 Å². The molecule has 2 unspecified atom stereocenters. The molecule has 0 aliphatic rings. The van der Waals surface area contributed by atoms with Crippen molar-refractivity contribution in [2.75, 3.05) is 26.4 Å². The van der Waals surface area contributed by atoms with Gasteiger partial charge in [0.2, 0.25) is 0 Å². The van der Waals surface area contributed by atoms with Gasteiger partial charge in [0.15, 0.2) is 6.10 Å². The van der Waals surface area contributed by atoms with Crippen LogP contribution >= 0.6 is 7.82 Å². The summed E-state index contributed by atoms with van der Waals surface area (Å²) >= 11 is 0. The van der Waals surface area contributed by atoms with Crippen molar-refractivity contribution in [2.24, 2.45) is 5.73 Å². The second-order valence-electron chi connectivity index (χ2n) is 24.8. The maximum Gasteiger partial charge on any atom is 0.472 e. The first-order chi connectivity index (χ1) is 43.8. The second-order valence-corrected chi connectivity index (χ2v) is 26.2. The normalized spacial score (nSPS) is 13.5. The van der Waals surface area contributed by atoms with E-state index in [0.29, 0.717) is 6.42 Å². The van der Waals surface area contributed by atoms with E-state index in [9.17, 15) is 19.0 Å². The van der Waals surface area contributed by atoms with Crippen LogP contribution in [0.5, 0.6) is 0 Å². The number of carbonyl (C=O) groups excluding carboxylic acids is 2. The lowest BCUT2D eigenvalue weighted by Crippen LogP contribution is -2.29. The standard InChI is InChI=1S/C79H140NO8P/c1-3-5-7-9-11-13-15-17-19-21-23-25-27-29-31-32-33-34-35-36-37-38-39-40-41-42-43-44-46-47-49-51-53-55-57-59-61-63-65-67-69-71-78(81)85-75-77(76-87-89(83,84)86-74-73-80)88-79(82)72-70-68-66-64-62-60-58-56-54-52-50-48-45-30-28-26-24-22-20-18-16-14-12-10-8-6-4-2/h6,8,12,14-15,17-18,20-21,23-24,26-27,29-30,45,50,52,77H,3-5,7,9-11,13,16,19,22,25,28,31-44,46-49,51,53-76,80H2,1-2H3,(H,83,84)/b8-6-,14-12-,17-15-,20-18-,23-21-,26-24-,29-27-,45-30-,52-50-. The fourth-order valence-corrected chi connectivity index (χ4v) is 11.4. The van der Waals surface area contributed by atoms with Crippen molar-refractivity contribution in [3.63, 3.8) is 0 Å². The smallest absolute Gasteiger partial charge is 0.462 e. The average Bonchev–Trinajstić information content (AvgIpc) is 3.64. The molecule has 0 spiro atoms. The highest BCUT2D eigenvalue weighted by atomic mass is 31.2. The van der Waals surface area contributed by atoms with Gasteiger partial charge in [0.1, 0.15) is 6.61 Å². The summed E-state index contributed by atoms with van der Waals surface area (Å²) in [6.07, 6.45) is 102. The zero-order chi connectivity index (χ0) is 64.4. The SMILES string of the molecule is CC/C=C\C/C=C\C/C=C\C/C=C\C/C=C\C/C=C\CCCCCCCCCCC(=O)OC(COC(=O)CCCCCCCCCCCCCCCCCCCCCCCCCCCC/C=C\C/C=C\C/C=C\CCCCCCC)COP(=O)(O)OCCN. The minimum absolute atomic E-state index is 0.0487. The highest BCUT2D eigenvalue weighted by Crippen LogP contribution is 2.43. The monoisotopic (exact) mass is 1260 g/mol. The predicted molar refractivity (Wildman–Crippen MR) is 385 cm³/mol. The Hall–Kier alpha value is -3.33. The van der Waals surface area contributed by atoms with Gasteiger partial charge < -0.3 is 20.1 Å². The maximum absolute atomic E-state index is 12.8. The molecule has 89 heavy (non-hydrogen) atoms. The van der Waals surface area contributed by atoms with Crippen LogP contribution in [0.4, 0.5) is 0 Å². The first-order valence-electron chi connectivity index (χ1n) is 37.4. The minimum Gasteiger partial charge on any atom is -0.462 e. The number of nitrogens with two attached hydrogens (primary N) is 1.